The lowest BCUT2D eigenvalue weighted by molar-refractivity contribution is 0.100. The Morgan fingerprint density at radius 1 is 1.21 bits per heavy atom. The molecule has 0 saturated carbocycles. The number of benzene rings is 1. The SMILES string of the molecule is CCn1nc(C)cc1-c1nc(-c2cc(C(N)=O)cc3c2cnn3CCC2CCNCC2)n[nH]1. The van der Waals surface area contributed by atoms with E-state index >= 15 is 0 Å². The van der Waals surface area contributed by atoms with E-state index in [1.165, 1.54) is 12.8 Å². The Kier molecular flexibility index (Phi) is 5.67. The highest BCUT2D eigenvalue weighted by Gasteiger charge is 2.19. The molecule has 0 radical (unpaired) electrons. The molecule has 0 aliphatic carbocycles. The first kappa shape index (κ1) is 21.3. The van der Waals surface area contributed by atoms with Gasteiger partial charge in [-0.1, -0.05) is 0 Å². The zero-order chi connectivity index (χ0) is 22.9. The molecule has 10 nitrogen and oxygen atoms in total. The number of carbonyl (C=O) groups excluding carboxylic acids is 1. The number of nitrogens with two attached hydrogens (primary N) is 1. The van der Waals surface area contributed by atoms with E-state index in [1.54, 1.807) is 6.07 Å². The van der Waals surface area contributed by atoms with Gasteiger partial charge in [-0.05, 0) is 70.3 Å². The summed E-state index contributed by atoms with van der Waals surface area (Å²) in [6.45, 7) is 7.65. The number of nitrogens with zero attached hydrogens (tertiary/aromatic N) is 6. The first-order valence-corrected chi connectivity index (χ1v) is 11.5. The number of primary amides is 1. The van der Waals surface area contributed by atoms with E-state index in [9.17, 15) is 4.79 Å². The molecule has 5 rings (SSSR count). The molecule has 3 aromatic heterocycles. The van der Waals surface area contributed by atoms with Crippen LogP contribution in [-0.4, -0.2) is 53.7 Å². The average molecular weight is 448 g/mol. The van der Waals surface area contributed by atoms with Crippen molar-refractivity contribution in [3.8, 4) is 22.9 Å². The van der Waals surface area contributed by atoms with Crippen LogP contribution in [0.25, 0.3) is 33.8 Å². The predicted octanol–water partition coefficient (Wildman–Crippen LogP) is 2.50. The summed E-state index contributed by atoms with van der Waals surface area (Å²) in [6, 6.07) is 5.54. The maximum Gasteiger partial charge on any atom is 0.248 e. The maximum absolute atomic E-state index is 12.1. The van der Waals surface area contributed by atoms with Crippen LogP contribution in [-0.2, 0) is 13.1 Å². The number of H-pyrrole nitrogens is 1. The molecule has 0 bridgehead atoms. The molecule has 1 aromatic carbocycles. The minimum atomic E-state index is -0.486. The van der Waals surface area contributed by atoms with Gasteiger partial charge in [-0.3, -0.25) is 19.3 Å². The third kappa shape index (κ3) is 4.13. The van der Waals surface area contributed by atoms with Crippen molar-refractivity contribution in [2.45, 2.75) is 46.2 Å². The zero-order valence-electron chi connectivity index (χ0n) is 19.0. The van der Waals surface area contributed by atoms with E-state index in [-0.39, 0.29) is 0 Å². The monoisotopic (exact) mass is 447 g/mol. The second kappa shape index (κ2) is 8.78. The van der Waals surface area contributed by atoms with Gasteiger partial charge in [-0.25, -0.2) is 4.98 Å². The van der Waals surface area contributed by atoms with Crippen molar-refractivity contribution in [1.82, 2.24) is 40.1 Å². The van der Waals surface area contributed by atoms with E-state index in [0.29, 0.717) is 23.1 Å². The lowest BCUT2D eigenvalue weighted by Gasteiger charge is -2.22. The summed E-state index contributed by atoms with van der Waals surface area (Å²) in [5, 5.41) is 20.9. The number of piperidine rings is 1. The molecule has 4 N–H and O–H groups in total. The third-order valence-electron chi connectivity index (χ3n) is 6.43. The van der Waals surface area contributed by atoms with Gasteiger partial charge in [0, 0.05) is 29.6 Å². The van der Waals surface area contributed by atoms with E-state index in [0.717, 1.165) is 60.5 Å². The summed E-state index contributed by atoms with van der Waals surface area (Å²) in [7, 11) is 0. The molecular formula is C23H29N9O. The van der Waals surface area contributed by atoms with Gasteiger partial charge in [-0.15, -0.1) is 0 Å². The number of aryl methyl sites for hydroxylation is 3. The molecule has 4 heterocycles. The van der Waals surface area contributed by atoms with Crippen molar-refractivity contribution in [3.63, 3.8) is 0 Å². The molecule has 0 unspecified atom stereocenters. The maximum atomic E-state index is 12.1. The number of carbonyl (C=O) groups is 1. The van der Waals surface area contributed by atoms with Gasteiger partial charge >= 0.3 is 0 Å². The van der Waals surface area contributed by atoms with Gasteiger partial charge in [-0.2, -0.15) is 15.3 Å². The van der Waals surface area contributed by atoms with E-state index in [2.05, 4.69) is 25.7 Å². The Balaban J connectivity index is 1.52. The standard InChI is InChI=1S/C23H29N9O/c1-3-31-20(10-14(2)30-31)23-27-22(28-29-23)17-11-16(21(24)33)12-19-18(17)13-26-32(19)9-6-15-4-7-25-8-5-15/h10-13,15,25H,3-9H2,1-2H3,(H2,24,33)(H,27,28,29). The van der Waals surface area contributed by atoms with E-state index in [1.807, 2.05) is 41.5 Å². The second-order valence-electron chi connectivity index (χ2n) is 8.66. The minimum absolute atomic E-state index is 0.418. The molecule has 1 amide bonds. The number of nitrogens with one attached hydrogen (secondary N) is 2. The zero-order valence-corrected chi connectivity index (χ0v) is 19.0. The van der Waals surface area contributed by atoms with Crippen molar-refractivity contribution in [3.05, 3.63) is 35.7 Å². The largest absolute Gasteiger partial charge is 0.366 e. The predicted molar refractivity (Wildman–Crippen MR) is 125 cm³/mol. The fourth-order valence-electron chi connectivity index (χ4n) is 4.63. The second-order valence-corrected chi connectivity index (χ2v) is 8.66. The molecule has 1 fully saturated rings. The molecule has 4 aromatic rings. The quantitative estimate of drug-likeness (QED) is 0.399. The molecule has 1 aliphatic heterocycles. The topological polar surface area (TPSA) is 132 Å². The fraction of sp³-hybridized carbons (Fsp3) is 0.435. The molecular weight excluding hydrogens is 418 g/mol. The number of fused-ring (bicyclic) bond motifs is 1. The Morgan fingerprint density at radius 2 is 2.03 bits per heavy atom. The lowest BCUT2D eigenvalue weighted by atomic mass is 9.95. The van der Waals surface area contributed by atoms with Gasteiger partial charge in [0.05, 0.1) is 17.4 Å². The van der Waals surface area contributed by atoms with Crippen molar-refractivity contribution in [1.29, 1.82) is 0 Å². The first-order valence-electron chi connectivity index (χ1n) is 11.5. The summed E-state index contributed by atoms with van der Waals surface area (Å²) in [4.78, 5) is 16.8. The Bertz CT molecular complexity index is 1290. The average Bonchev–Trinajstić information content (AvgIpc) is 3.55. The Morgan fingerprint density at radius 3 is 2.79 bits per heavy atom. The molecule has 0 spiro atoms. The summed E-state index contributed by atoms with van der Waals surface area (Å²) < 4.78 is 3.85. The summed E-state index contributed by atoms with van der Waals surface area (Å²) in [5.41, 5.74) is 9.47. The van der Waals surface area contributed by atoms with Crippen LogP contribution in [0.4, 0.5) is 0 Å². The smallest absolute Gasteiger partial charge is 0.248 e. The molecule has 0 atom stereocenters. The van der Waals surface area contributed by atoms with Crippen LogP contribution in [0.3, 0.4) is 0 Å². The lowest BCUT2D eigenvalue weighted by Crippen LogP contribution is -2.28. The first-order chi connectivity index (χ1) is 16.0. The van der Waals surface area contributed by atoms with Crippen LogP contribution in [0.15, 0.2) is 24.4 Å². The van der Waals surface area contributed by atoms with E-state index < -0.39 is 5.91 Å². The third-order valence-corrected chi connectivity index (χ3v) is 6.43. The van der Waals surface area contributed by atoms with Crippen molar-refractivity contribution >= 4 is 16.8 Å². The molecule has 1 saturated heterocycles. The van der Waals surface area contributed by atoms with E-state index in [4.69, 9.17) is 10.7 Å². The molecule has 10 heteroatoms. The van der Waals surface area contributed by atoms with Crippen LogP contribution < -0.4 is 11.1 Å². The number of aromatic nitrogens is 7. The molecule has 1 aliphatic rings. The highest BCUT2D eigenvalue weighted by atomic mass is 16.1. The highest BCUT2D eigenvalue weighted by molar-refractivity contribution is 6.02. The van der Waals surface area contributed by atoms with Gasteiger partial charge in [0.2, 0.25) is 5.91 Å². The summed E-state index contributed by atoms with van der Waals surface area (Å²) in [5.74, 6) is 1.33. The van der Waals surface area contributed by atoms with Crippen LogP contribution in [0.5, 0.6) is 0 Å². The van der Waals surface area contributed by atoms with Crippen molar-refractivity contribution in [2.24, 2.45) is 11.7 Å². The van der Waals surface area contributed by atoms with Gasteiger partial charge in [0.15, 0.2) is 11.6 Å². The van der Waals surface area contributed by atoms with Crippen LogP contribution >= 0.6 is 0 Å². The van der Waals surface area contributed by atoms with Crippen LogP contribution in [0.2, 0.25) is 0 Å². The Labute approximate surface area is 191 Å². The van der Waals surface area contributed by atoms with Gasteiger partial charge < -0.3 is 11.1 Å². The van der Waals surface area contributed by atoms with Crippen molar-refractivity contribution in [2.75, 3.05) is 13.1 Å². The summed E-state index contributed by atoms with van der Waals surface area (Å²) in [6.07, 6.45) is 5.25. The highest BCUT2D eigenvalue weighted by Crippen LogP contribution is 2.30. The fourth-order valence-corrected chi connectivity index (χ4v) is 4.63. The number of rotatable bonds is 7. The van der Waals surface area contributed by atoms with Crippen LogP contribution in [0.1, 0.15) is 42.2 Å². The number of hydrogen-bond donors (Lipinski definition) is 3. The van der Waals surface area contributed by atoms with Gasteiger partial charge in [0.25, 0.3) is 0 Å². The van der Waals surface area contributed by atoms with Gasteiger partial charge in [0.1, 0.15) is 5.69 Å². The normalized spacial score (nSPS) is 14.8. The molecule has 33 heavy (non-hydrogen) atoms. The van der Waals surface area contributed by atoms with Crippen LogP contribution in [0, 0.1) is 12.8 Å². The molecule has 172 valence electrons. The number of amides is 1. The minimum Gasteiger partial charge on any atom is -0.366 e. The van der Waals surface area contributed by atoms with Crippen molar-refractivity contribution < 1.29 is 4.79 Å². The summed E-state index contributed by atoms with van der Waals surface area (Å²) >= 11 is 0. The number of hydrogen-bond acceptors (Lipinski definition) is 6. The Hall–Kier alpha value is -3.53. The number of aromatic amines is 1.